The summed E-state index contributed by atoms with van der Waals surface area (Å²) in [5.41, 5.74) is -1.47. The van der Waals surface area contributed by atoms with Gasteiger partial charge < -0.3 is 24.0 Å². The number of ketones is 1. The number of likely N-dealkylation sites (N-methyl/N-ethyl adjacent to an activating group) is 1. The van der Waals surface area contributed by atoms with Crippen LogP contribution in [0, 0.1) is 16.7 Å². The normalized spacial score (nSPS) is 18.0. The van der Waals surface area contributed by atoms with Gasteiger partial charge in [0, 0.05) is 36.6 Å². The molecule has 0 bridgehead atoms. The van der Waals surface area contributed by atoms with Crippen LogP contribution >= 0.6 is 24.1 Å². The van der Waals surface area contributed by atoms with E-state index in [1.54, 1.807) is 21.0 Å². The van der Waals surface area contributed by atoms with Gasteiger partial charge in [-0.25, -0.2) is 0 Å². The first-order valence-electron chi connectivity index (χ1n) is 27.8. The maximum atomic E-state index is 13.5. The molecule has 4 atom stereocenters. The Morgan fingerprint density at radius 1 is 0.658 bits per heavy atom. The minimum Gasteiger partial charge on any atom is -0.462 e. The molecular weight excluding hydrogens is 1040 g/mol. The van der Waals surface area contributed by atoms with Gasteiger partial charge in [0.2, 0.25) is 11.7 Å². The molecule has 428 valence electrons. The second-order valence-electron chi connectivity index (χ2n) is 22.2. The van der Waals surface area contributed by atoms with Gasteiger partial charge in [-0.15, -0.1) is 4.52 Å². The average Bonchev–Trinajstić information content (AvgIpc) is 3.88. The number of unbranched alkanes of at least 4 members (excludes halogenated alkanes) is 20. The maximum Gasteiger partial charge on any atom is 0.570 e. The molecule has 0 aromatic carbocycles. The van der Waals surface area contributed by atoms with E-state index in [-0.39, 0.29) is 62.6 Å². The van der Waals surface area contributed by atoms with Gasteiger partial charge in [0.1, 0.15) is 33.0 Å². The highest BCUT2D eigenvalue weighted by molar-refractivity contribution is 9.10. The largest absolute Gasteiger partial charge is 0.570 e. The van der Waals surface area contributed by atoms with E-state index in [1.165, 1.54) is 89.9 Å². The smallest absolute Gasteiger partial charge is 0.462 e. The lowest BCUT2D eigenvalue weighted by Crippen LogP contribution is -2.44. The summed E-state index contributed by atoms with van der Waals surface area (Å²) in [6, 6.07) is 0. The molecule has 3 N–H and O–H groups in total. The van der Waals surface area contributed by atoms with E-state index in [0.717, 1.165) is 38.5 Å². The van der Waals surface area contributed by atoms with Crippen molar-refractivity contribution in [1.82, 2.24) is 5.32 Å². The number of esters is 3. The van der Waals surface area contributed by atoms with Crippen molar-refractivity contribution >= 4 is 53.7 Å². The first kappa shape index (κ1) is 69.1. The highest BCUT2D eigenvalue weighted by Gasteiger charge is 2.66. The zero-order chi connectivity index (χ0) is 55.0. The highest BCUT2D eigenvalue weighted by Crippen LogP contribution is 2.67. The molecule has 0 spiro atoms. The van der Waals surface area contributed by atoms with E-state index in [4.69, 9.17) is 23.3 Å². The van der Waals surface area contributed by atoms with Crippen molar-refractivity contribution < 1.29 is 74.7 Å². The van der Waals surface area contributed by atoms with Crippen LogP contribution in [0.5, 0.6) is 0 Å². The van der Waals surface area contributed by atoms with E-state index in [9.17, 15) is 46.9 Å². The molecule has 1 rings (SSSR count). The van der Waals surface area contributed by atoms with Gasteiger partial charge in [0.25, 0.3) is 0 Å². The van der Waals surface area contributed by atoms with Crippen LogP contribution in [0.15, 0.2) is 0 Å². The first-order chi connectivity index (χ1) is 34.2. The number of quaternary nitrogens is 1. The van der Waals surface area contributed by atoms with Crippen LogP contribution < -0.4 is 5.32 Å². The molecule has 1 amide bonds. The summed E-state index contributed by atoms with van der Waals surface area (Å²) in [5.74, 6) is -4.17. The summed E-state index contributed by atoms with van der Waals surface area (Å²) >= 11 is 3.62. The van der Waals surface area contributed by atoms with E-state index in [0.29, 0.717) is 32.2 Å². The van der Waals surface area contributed by atoms with E-state index >= 15 is 0 Å². The summed E-state index contributed by atoms with van der Waals surface area (Å²) in [7, 11) is -0.901. The summed E-state index contributed by atoms with van der Waals surface area (Å²) in [6.07, 6.45) is 19.6. The monoisotopic (exact) mass is 1130 g/mol. The van der Waals surface area contributed by atoms with Gasteiger partial charge in [-0.05, 0) is 44.9 Å². The molecule has 14 nitrogen and oxygen atoms in total. The Balaban J connectivity index is 2.67. The number of amides is 1. The fraction of sp³-hybridized carbons (Fsp3) is 0.907. The van der Waals surface area contributed by atoms with Crippen LogP contribution in [-0.4, -0.2) is 121 Å². The van der Waals surface area contributed by atoms with Gasteiger partial charge >= 0.3 is 32.3 Å². The highest BCUT2D eigenvalue weighted by atomic mass is 79.9. The molecule has 4 unspecified atom stereocenters. The lowest BCUT2D eigenvalue weighted by atomic mass is 9.81. The predicted octanol–water partition coefficient (Wildman–Crippen LogP) is 12.8. The second kappa shape index (κ2) is 36.2. The van der Waals surface area contributed by atoms with Gasteiger partial charge in [0.15, 0.2) is 6.10 Å². The molecule has 73 heavy (non-hydrogen) atoms. The Labute approximate surface area is 446 Å². The minimum absolute atomic E-state index is 0.00884. The van der Waals surface area contributed by atoms with Crippen molar-refractivity contribution in [1.29, 1.82) is 0 Å². The van der Waals surface area contributed by atoms with E-state index in [1.807, 2.05) is 20.8 Å². The zero-order valence-electron chi connectivity index (χ0n) is 46.3. The molecule has 0 aromatic heterocycles. The molecule has 0 aliphatic heterocycles. The molecule has 1 aliphatic rings. The number of halogens is 4. The second-order valence-corrected chi connectivity index (χ2v) is 25.7. The van der Waals surface area contributed by atoms with Crippen LogP contribution in [0.4, 0.5) is 13.2 Å². The van der Waals surface area contributed by atoms with Crippen molar-refractivity contribution in [3.63, 3.8) is 0 Å². The van der Waals surface area contributed by atoms with Gasteiger partial charge in [-0.1, -0.05) is 172 Å². The Morgan fingerprint density at radius 2 is 1.14 bits per heavy atom. The summed E-state index contributed by atoms with van der Waals surface area (Å²) in [6.45, 7) is 11.2. The molecule has 0 aromatic rings. The third-order valence-corrected chi connectivity index (χ3v) is 16.0. The molecule has 0 saturated heterocycles. The number of Topliss-reactive ketones (excluding diaryl/α,β-unsaturated/α-hetero) is 1. The molecule has 19 heteroatoms. The van der Waals surface area contributed by atoms with Crippen LogP contribution in [0.3, 0.4) is 0 Å². The SMILES string of the molecule is CCCCCCCCCCCCCC(=O)OCC(CO[P+](O)(O)OCCNC(=O)C1(C)CC1(C)CC(C(=O)OCC[N+](C)(C)CCCC(=O)C(F)(F)F)C(C)(C)Br)OC(=O)CCCCCCCCCCCCC. The fourth-order valence-electron chi connectivity index (χ4n) is 9.09. The quantitative estimate of drug-likeness (QED) is 0.0131. The Morgan fingerprint density at radius 3 is 1.62 bits per heavy atom. The maximum absolute atomic E-state index is 13.5. The van der Waals surface area contributed by atoms with Gasteiger partial charge in [-0.3, -0.25) is 24.0 Å². The fourth-order valence-corrected chi connectivity index (χ4v) is 10.2. The molecule has 1 aliphatic carbocycles. The Hall–Kier alpha value is -1.95. The van der Waals surface area contributed by atoms with E-state index in [2.05, 4.69) is 35.1 Å². The van der Waals surface area contributed by atoms with Crippen molar-refractivity contribution in [2.24, 2.45) is 16.7 Å². The van der Waals surface area contributed by atoms with Crippen molar-refractivity contribution in [2.45, 2.75) is 238 Å². The van der Waals surface area contributed by atoms with Crippen LogP contribution in [0.25, 0.3) is 0 Å². The zero-order valence-corrected chi connectivity index (χ0v) is 48.8. The number of ether oxygens (including phenoxy) is 3. The Bertz CT molecular complexity index is 1590. The van der Waals surface area contributed by atoms with Crippen molar-refractivity contribution in [2.75, 3.05) is 60.2 Å². The number of rotatable bonds is 46. The first-order valence-corrected chi connectivity index (χ1v) is 30.1. The molecule has 0 heterocycles. The van der Waals surface area contributed by atoms with Crippen LogP contribution in [0.1, 0.15) is 221 Å². The summed E-state index contributed by atoms with van der Waals surface area (Å²) in [5, 5.41) is 2.79. The number of nitrogens with zero attached hydrogens (tertiary/aromatic N) is 1. The molecule has 0 radical (unpaired) electrons. The van der Waals surface area contributed by atoms with Gasteiger partial charge in [0.05, 0.1) is 32.0 Å². The molecule has 1 fully saturated rings. The lowest BCUT2D eigenvalue weighted by Gasteiger charge is -2.32. The third kappa shape index (κ3) is 31.8. The van der Waals surface area contributed by atoms with Gasteiger partial charge in [-0.2, -0.15) is 27.5 Å². The topological polar surface area (TPSA) is 184 Å². The number of carbonyl (C=O) groups excluding carboxylic acids is 5. The van der Waals surface area contributed by atoms with Crippen molar-refractivity contribution in [3.05, 3.63) is 0 Å². The minimum atomic E-state index is -4.86. The Kier molecular flexibility index (Phi) is 34.3. The van der Waals surface area contributed by atoms with E-state index < -0.39 is 78.2 Å². The van der Waals surface area contributed by atoms with Crippen molar-refractivity contribution in [3.8, 4) is 0 Å². The lowest BCUT2D eigenvalue weighted by molar-refractivity contribution is -0.890. The number of hydrogen-bond acceptors (Lipinski definition) is 12. The summed E-state index contributed by atoms with van der Waals surface area (Å²) in [4.78, 5) is 85.2. The summed E-state index contributed by atoms with van der Waals surface area (Å²) < 4.78 is 64.7. The molecular formula is C54H99BrF3N2O12P+2. The molecule has 1 saturated carbocycles. The number of hydrogen-bond donors (Lipinski definition) is 3. The standard InChI is InChI=1S/C54H98BrF3N2O12P/c1-9-11-13-15-17-19-21-23-25-27-29-33-47(62)69-41-44(72-48(63)34-30-28-26-24-22-20-18-16-14-12-10-2)42-71-73(66,67)70-38-35-59-50(65)53(6)43-52(53,5)40-45(51(3,4)55)49(64)68-39-37-60(7,8)36-31-32-46(61)54(56,57)58/h44-45,66-67H,9-43H2,1-8H3/q+1/p+1. The number of carbonyl (C=O) groups is 5. The average molecular weight is 1140 g/mol. The van der Waals surface area contributed by atoms with Crippen LogP contribution in [-0.2, 0) is 47.2 Å². The van der Waals surface area contributed by atoms with Crippen LogP contribution in [0.2, 0.25) is 0 Å². The number of alkyl halides is 4. The third-order valence-electron chi connectivity index (χ3n) is 14.4. The predicted molar refractivity (Wildman–Crippen MR) is 284 cm³/mol. The number of nitrogens with one attached hydrogen (secondary N) is 1.